The van der Waals surface area contributed by atoms with Gasteiger partial charge in [-0.3, -0.25) is 0 Å². The van der Waals surface area contributed by atoms with Crippen LogP contribution >= 0.6 is 11.8 Å². The second-order valence-corrected chi connectivity index (χ2v) is 22.9. The van der Waals surface area contributed by atoms with Gasteiger partial charge in [0, 0.05) is 35.2 Å². The number of para-hydroxylation sites is 9. The maximum absolute atomic E-state index is 10.1. The number of phenolic OH excluding ortho intramolecular Hbond substituents is 10. The Morgan fingerprint density at radius 2 is 0.634 bits per heavy atom. The zero-order valence-electron chi connectivity index (χ0n) is 52.6. The van der Waals surface area contributed by atoms with Gasteiger partial charge in [0.2, 0.25) is 0 Å². The molecule has 0 heterocycles. The van der Waals surface area contributed by atoms with Crippen molar-refractivity contribution in [2.24, 2.45) is 0 Å². The van der Waals surface area contributed by atoms with Crippen LogP contribution in [0.3, 0.4) is 0 Å². The Balaban J connectivity index is 0.000000159. The van der Waals surface area contributed by atoms with E-state index in [1.165, 1.54) is 29.5 Å². The molecule has 0 saturated carbocycles. The molecule has 12 N–H and O–H groups in total. The molecular weight excluding hydrogens is 1180 g/mol. The third-order valence-electron chi connectivity index (χ3n) is 14.3. The van der Waals surface area contributed by atoms with Gasteiger partial charge in [-0.1, -0.05) is 205 Å². The van der Waals surface area contributed by atoms with Gasteiger partial charge >= 0.3 is 0 Å². The molecule has 0 fully saturated rings. The molecular formula is C80H77NO11S. The van der Waals surface area contributed by atoms with Crippen molar-refractivity contribution in [2.75, 3.05) is 5.73 Å². The highest BCUT2D eigenvalue weighted by Gasteiger charge is 2.13. The minimum atomic E-state index is 0.0424. The molecule has 0 aliphatic rings. The van der Waals surface area contributed by atoms with Gasteiger partial charge in [0.15, 0.2) is 23.0 Å². The number of phenols is 10. The molecule has 12 rings (SSSR count). The zero-order valence-corrected chi connectivity index (χ0v) is 53.4. The van der Waals surface area contributed by atoms with Crippen LogP contribution in [0.4, 0.5) is 5.69 Å². The van der Waals surface area contributed by atoms with Crippen molar-refractivity contribution in [2.45, 2.75) is 64.2 Å². The number of nitrogens with two attached hydrogens (primary N) is 1. The molecule has 0 aromatic heterocycles. The first kappa shape index (κ1) is 69.1. The topological polar surface area (TPSA) is 238 Å². The molecule has 12 aromatic rings. The van der Waals surface area contributed by atoms with Gasteiger partial charge in [0.25, 0.3) is 0 Å². The number of ether oxygens (including phenoxy) is 1. The Hall–Kier alpha value is -11.4. The summed E-state index contributed by atoms with van der Waals surface area (Å²) in [5, 5.41) is 97.0. The average Bonchev–Trinajstić information content (AvgIpc) is 1.26. The standard InChI is InChI=1S/C17H20O2.C14H14O2S.C13H12O2.C12H11N.C12H10O3.C12H10O2/c1-10-5-12(3)16(18)14(7-10)9-15-8-11(2)6-13(4)17(15)19;1-9-3-5-11(15)13(7-9)17-14-8-10(2)4-6-12(14)16;14-12-7-3-1-5-10(12)9-11-6-2-4-8-13(11)15;13-12-9-5-4-8-11(12)10-6-2-1-3-7-10;13-9-5-1-3-7-11(9)15-12-8-4-2-6-10(12)14;13-11-7-3-1-5-9(11)10-6-2-4-8-12(10)14/h5-8,18-19H,9H2,1-4H3;3-8,15-16H,1-2H3;1-8,14-15H,9H2;1-9H,13H2;1-8,13-14H;1-8,13-14H. The maximum atomic E-state index is 10.1. The molecule has 0 atom stereocenters. The Labute approximate surface area is 548 Å². The lowest BCUT2D eigenvalue weighted by Gasteiger charge is -2.12. The molecule has 12 aromatic carbocycles. The molecule has 474 valence electrons. The molecule has 12 nitrogen and oxygen atoms in total. The van der Waals surface area contributed by atoms with Crippen molar-refractivity contribution in [3.8, 4) is 91.2 Å². The van der Waals surface area contributed by atoms with Gasteiger partial charge in [-0.05, 0) is 170 Å². The fourth-order valence-corrected chi connectivity index (χ4v) is 10.7. The second-order valence-electron chi connectivity index (χ2n) is 21.9. The highest BCUT2D eigenvalue weighted by atomic mass is 32.2. The summed E-state index contributed by atoms with van der Waals surface area (Å²) in [5.74, 6) is 2.72. The van der Waals surface area contributed by atoms with Crippen LogP contribution in [0.15, 0.2) is 271 Å². The van der Waals surface area contributed by atoms with Gasteiger partial charge in [0.1, 0.15) is 46.0 Å². The van der Waals surface area contributed by atoms with Gasteiger partial charge in [-0.15, -0.1) is 0 Å². The summed E-state index contributed by atoms with van der Waals surface area (Å²) >= 11 is 1.37. The normalized spacial score (nSPS) is 10.2. The van der Waals surface area contributed by atoms with Crippen molar-refractivity contribution < 1.29 is 55.8 Å². The average molecular weight is 1260 g/mol. The molecule has 0 aliphatic carbocycles. The van der Waals surface area contributed by atoms with E-state index >= 15 is 0 Å². The number of hydrogen-bond donors (Lipinski definition) is 11. The lowest BCUT2D eigenvalue weighted by molar-refractivity contribution is 0.385. The lowest BCUT2D eigenvalue weighted by Crippen LogP contribution is -1.95. The largest absolute Gasteiger partial charge is 0.508 e. The molecule has 0 amide bonds. The molecule has 93 heavy (non-hydrogen) atoms. The molecule has 0 aliphatic heterocycles. The summed E-state index contributed by atoms with van der Waals surface area (Å²) in [4.78, 5) is 1.51. The van der Waals surface area contributed by atoms with E-state index in [4.69, 9.17) is 10.5 Å². The Morgan fingerprint density at radius 3 is 1.03 bits per heavy atom. The van der Waals surface area contributed by atoms with Gasteiger partial charge in [-0.2, -0.15) is 0 Å². The van der Waals surface area contributed by atoms with Crippen LogP contribution in [0.2, 0.25) is 0 Å². The Kier molecular flexibility index (Phi) is 25.2. The zero-order chi connectivity index (χ0) is 67.0. The number of rotatable bonds is 10. The fraction of sp³-hybridized carbons (Fsp3) is 0.100. The quantitative estimate of drug-likeness (QED) is 0.0572. The van der Waals surface area contributed by atoms with E-state index in [1.807, 2.05) is 169 Å². The van der Waals surface area contributed by atoms with Gasteiger partial charge < -0.3 is 61.5 Å². The van der Waals surface area contributed by atoms with Crippen LogP contribution in [0, 0.1) is 41.5 Å². The summed E-state index contributed by atoms with van der Waals surface area (Å²) < 4.78 is 5.34. The molecule has 0 unspecified atom stereocenters. The van der Waals surface area contributed by atoms with E-state index in [-0.39, 0.29) is 46.0 Å². The van der Waals surface area contributed by atoms with Gasteiger partial charge in [0.05, 0.1) is 9.79 Å². The van der Waals surface area contributed by atoms with E-state index in [0.29, 0.717) is 47.0 Å². The number of benzene rings is 12. The predicted octanol–water partition coefficient (Wildman–Crippen LogP) is 19.1. The first-order valence-electron chi connectivity index (χ1n) is 29.7. The van der Waals surface area contributed by atoms with E-state index < -0.39 is 0 Å². The highest BCUT2D eigenvalue weighted by molar-refractivity contribution is 7.99. The van der Waals surface area contributed by atoms with E-state index in [0.717, 1.165) is 76.7 Å². The predicted molar refractivity (Wildman–Crippen MR) is 375 cm³/mol. The van der Waals surface area contributed by atoms with Gasteiger partial charge in [-0.25, -0.2) is 0 Å². The number of nitrogen functional groups attached to an aromatic ring is 1. The molecule has 0 spiro atoms. The summed E-state index contributed by atoms with van der Waals surface area (Å²) in [6.45, 7) is 11.8. The van der Waals surface area contributed by atoms with Crippen LogP contribution in [0.5, 0.6) is 69.0 Å². The van der Waals surface area contributed by atoms with Crippen LogP contribution in [0.25, 0.3) is 22.3 Å². The Bertz CT molecular complexity index is 4080. The number of aryl methyl sites for hydroxylation is 6. The first-order valence-corrected chi connectivity index (χ1v) is 30.6. The minimum Gasteiger partial charge on any atom is -0.508 e. The highest BCUT2D eigenvalue weighted by Crippen LogP contribution is 2.40. The molecule has 0 bridgehead atoms. The van der Waals surface area contributed by atoms with Crippen LogP contribution < -0.4 is 10.5 Å². The van der Waals surface area contributed by atoms with Crippen molar-refractivity contribution in [1.82, 2.24) is 0 Å². The number of hydrogen-bond acceptors (Lipinski definition) is 13. The summed E-state index contributed by atoms with van der Waals surface area (Å²) in [5.41, 5.74) is 19.7. The third kappa shape index (κ3) is 20.6. The number of anilines is 1. The fourth-order valence-electron chi connectivity index (χ4n) is 9.61. The van der Waals surface area contributed by atoms with Crippen molar-refractivity contribution in [3.05, 3.63) is 316 Å². The third-order valence-corrected chi connectivity index (χ3v) is 15.4. The summed E-state index contributed by atoms with van der Waals surface area (Å²) in [6.07, 6.45) is 1.09. The van der Waals surface area contributed by atoms with Crippen LogP contribution in [-0.4, -0.2) is 51.1 Å². The smallest absolute Gasteiger partial charge is 0.169 e. The van der Waals surface area contributed by atoms with E-state index in [1.54, 1.807) is 109 Å². The summed E-state index contributed by atoms with van der Waals surface area (Å²) in [7, 11) is 0. The van der Waals surface area contributed by atoms with E-state index in [9.17, 15) is 51.1 Å². The Morgan fingerprint density at radius 1 is 0.290 bits per heavy atom. The first-order chi connectivity index (χ1) is 44.6. The van der Waals surface area contributed by atoms with E-state index in [2.05, 4.69) is 12.1 Å². The SMILES string of the molecule is Cc1cc(C)c(O)c(Cc2cc(C)cc(C)c2O)c1.Cc1ccc(O)c(Sc2cc(C)ccc2O)c1.Nc1ccccc1-c1ccccc1.Oc1ccccc1-c1ccccc1O.Oc1ccccc1Cc1ccccc1O.Oc1ccccc1Oc1ccccc1O. The maximum Gasteiger partial charge on any atom is 0.169 e. The van der Waals surface area contributed by atoms with Crippen LogP contribution in [0.1, 0.15) is 55.6 Å². The monoisotopic (exact) mass is 1260 g/mol. The van der Waals surface area contributed by atoms with Crippen molar-refractivity contribution in [3.63, 3.8) is 0 Å². The summed E-state index contributed by atoms with van der Waals surface area (Å²) in [6, 6.07) is 78.1. The van der Waals surface area contributed by atoms with Crippen LogP contribution in [-0.2, 0) is 12.8 Å². The second kappa shape index (κ2) is 34.0. The molecule has 13 heteroatoms. The number of aromatic hydroxyl groups is 10. The molecule has 0 saturated heterocycles. The molecule has 0 radical (unpaired) electrons. The minimum absolute atomic E-state index is 0.0424. The van der Waals surface area contributed by atoms with Crippen molar-refractivity contribution >= 4 is 17.4 Å². The van der Waals surface area contributed by atoms with Crippen molar-refractivity contribution in [1.29, 1.82) is 0 Å². The lowest BCUT2D eigenvalue weighted by atomic mass is 9.96.